The maximum atomic E-state index is 13.1. The average Bonchev–Trinajstić information content (AvgIpc) is 3.19. The molecule has 1 fully saturated rings. The fourth-order valence-electron chi connectivity index (χ4n) is 3.07. The van der Waals surface area contributed by atoms with Crippen LogP contribution in [0, 0.1) is 5.82 Å². The minimum Gasteiger partial charge on any atom is -0.472 e. The molecule has 1 aliphatic heterocycles. The van der Waals surface area contributed by atoms with Gasteiger partial charge in [-0.3, -0.25) is 4.98 Å². The largest absolute Gasteiger partial charge is 0.472 e. The molecule has 9 heteroatoms. The molecule has 0 bridgehead atoms. The van der Waals surface area contributed by atoms with Crippen molar-refractivity contribution >= 4 is 10.0 Å². The molecule has 4 rings (SSSR count). The van der Waals surface area contributed by atoms with Gasteiger partial charge >= 0.3 is 0 Å². The number of pyridine rings is 1. The second-order valence-corrected chi connectivity index (χ2v) is 8.26. The average molecular weight is 400 g/mol. The molecule has 1 aliphatic rings. The fraction of sp³-hybridized carbons (Fsp3) is 0.211. The first-order valence-corrected chi connectivity index (χ1v) is 10.1. The van der Waals surface area contributed by atoms with Crippen LogP contribution in [-0.2, 0) is 10.0 Å². The van der Waals surface area contributed by atoms with E-state index in [1.54, 1.807) is 18.6 Å². The third kappa shape index (κ3) is 3.71. The fourth-order valence-corrected chi connectivity index (χ4v) is 4.55. The van der Waals surface area contributed by atoms with Gasteiger partial charge in [-0.1, -0.05) is 0 Å². The number of nitrogens with zero attached hydrogens (tertiary/aromatic N) is 4. The topological polar surface area (TPSA) is 85.3 Å². The maximum absolute atomic E-state index is 13.1. The van der Waals surface area contributed by atoms with Crippen LogP contribution in [-0.4, -0.2) is 46.9 Å². The van der Waals surface area contributed by atoms with Crippen LogP contribution in [0.3, 0.4) is 0 Å². The van der Waals surface area contributed by atoms with Gasteiger partial charge in [0.15, 0.2) is 0 Å². The van der Waals surface area contributed by atoms with Crippen LogP contribution in [0.25, 0.3) is 11.1 Å². The Kier molecular flexibility index (Phi) is 5.01. The van der Waals surface area contributed by atoms with Crippen molar-refractivity contribution < 1.29 is 17.5 Å². The number of rotatable bonds is 5. The molecule has 3 aromatic rings. The summed E-state index contributed by atoms with van der Waals surface area (Å²) in [6.45, 7) is 0.513. The first kappa shape index (κ1) is 18.5. The number of halogens is 1. The lowest BCUT2D eigenvalue weighted by molar-refractivity contribution is 0.207. The third-order valence-electron chi connectivity index (χ3n) is 4.50. The number of hydrogen-bond donors (Lipinski definition) is 0. The highest BCUT2D eigenvalue weighted by Crippen LogP contribution is 2.29. The summed E-state index contributed by atoms with van der Waals surface area (Å²) < 4.78 is 45.9. The quantitative estimate of drug-likeness (QED) is 0.654. The van der Waals surface area contributed by atoms with Crippen LogP contribution in [0.2, 0.25) is 0 Å². The Morgan fingerprint density at radius 2 is 1.82 bits per heavy atom. The summed E-state index contributed by atoms with van der Waals surface area (Å²) in [5.74, 6) is -0.0822. The molecule has 7 nitrogen and oxygen atoms in total. The van der Waals surface area contributed by atoms with Gasteiger partial charge in [0.2, 0.25) is 15.9 Å². The van der Waals surface area contributed by atoms with Gasteiger partial charge in [-0.05, 0) is 48.4 Å². The van der Waals surface area contributed by atoms with E-state index in [0.29, 0.717) is 24.4 Å². The number of sulfonamides is 1. The smallest absolute Gasteiger partial charge is 0.243 e. The molecule has 0 aliphatic carbocycles. The summed E-state index contributed by atoms with van der Waals surface area (Å²) in [4.78, 5) is 12.3. The van der Waals surface area contributed by atoms with Gasteiger partial charge < -0.3 is 4.74 Å². The molecule has 144 valence electrons. The van der Waals surface area contributed by atoms with Gasteiger partial charge in [-0.2, -0.15) is 4.31 Å². The van der Waals surface area contributed by atoms with Gasteiger partial charge in [0.1, 0.15) is 18.2 Å². The van der Waals surface area contributed by atoms with E-state index in [1.807, 2.05) is 12.1 Å². The zero-order chi connectivity index (χ0) is 19.6. The predicted octanol–water partition coefficient (Wildman–Crippen LogP) is 2.52. The van der Waals surface area contributed by atoms with Crippen LogP contribution in [0.5, 0.6) is 5.88 Å². The molecular formula is C19H17FN4O3S. The summed E-state index contributed by atoms with van der Waals surface area (Å²) in [5, 5.41) is 0. The van der Waals surface area contributed by atoms with Gasteiger partial charge in [-0.15, -0.1) is 0 Å². The van der Waals surface area contributed by atoms with Crippen molar-refractivity contribution in [3.8, 4) is 17.0 Å². The van der Waals surface area contributed by atoms with Crippen molar-refractivity contribution in [3.63, 3.8) is 0 Å². The lowest BCUT2D eigenvalue weighted by Gasteiger charge is -2.18. The van der Waals surface area contributed by atoms with Crippen molar-refractivity contribution in [1.82, 2.24) is 19.3 Å². The first-order chi connectivity index (χ1) is 13.5. The Bertz CT molecular complexity index is 1060. The molecule has 1 saturated heterocycles. The van der Waals surface area contributed by atoms with E-state index in [1.165, 1.54) is 22.8 Å². The number of aromatic nitrogens is 3. The zero-order valence-electron chi connectivity index (χ0n) is 14.8. The van der Waals surface area contributed by atoms with Gasteiger partial charge in [-0.25, -0.2) is 22.8 Å². The molecule has 0 N–H and O–H groups in total. The molecule has 0 radical (unpaired) electrons. The van der Waals surface area contributed by atoms with Crippen molar-refractivity contribution in [2.24, 2.45) is 0 Å². The second kappa shape index (κ2) is 7.61. The Morgan fingerprint density at radius 1 is 1.07 bits per heavy atom. The molecule has 28 heavy (non-hydrogen) atoms. The molecule has 0 saturated carbocycles. The SMILES string of the molecule is O=S(=O)(c1ccc(F)cc1)N1CCC(Oc2ncncc2-c2ccncc2)C1. The van der Waals surface area contributed by atoms with Crippen molar-refractivity contribution in [1.29, 1.82) is 0 Å². The van der Waals surface area contributed by atoms with Crippen LogP contribution in [0.1, 0.15) is 6.42 Å². The van der Waals surface area contributed by atoms with E-state index >= 15 is 0 Å². The Labute approximate surface area is 161 Å². The highest BCUT2D eigenvalue weighted by Gasteiger charge is 2.34. The molecule has 1 aromatic carbocycles. The monoisotopic (exact) mass is 400 g/mol. The second-order valence-electron chi connectivity index (χ2n) is 6.32. The highest BCUT2D eigenvalue weighted by molar-refractivity contribution is 7.89. The lowest BCUT2D eigenvalue weighted by Crippen LogP contribution is -2.31. The Balaban J connectivity index is 1.51. The maximum Gasteiger partial charge on any atom is 0.243 e. The molecule has 2 aromatic heterocycles. The van der Waals surface area contributed by atoms with Crippen LogP contribution < -0.4 is 4.74 Å². The molecule has 0 amide bonds. The molecular weight excluding hydrogens is 383 g/mol. The Hall–Kier alpha value is -2.91. The summed E-state index contributed by atoms with van der Waals surface area (Å²) in [7, 11) is -3.70. The third-order valence-corrected chi connectivity index (χ3v) is 6.38. The molecule has 1 atom stereocenters. The lowest BCUT2D eigenvalue weighted by atomic mass is 10.1. The van der Waals surface area contributed by atoms with E-state index in [9.17, 15) is 12.8 Å². The van der Waals surface area contributed by atoms with Crippen molar-refractivity contribution in [2.45, 2.75) is 17.4 Å². The van der Waals surface area contributed by atoms with E-state index in [2.05, 4.69) is 15.0 Å². The summed E-state index contributed by atoms with van der Waals surface area (Å²) in [6.07, 6.45) is 6.56. The minimum atomic E-state index is -3.70. The Morgan fingerprint density at radius 3 is 2.57 bits per heavy atom. The first-order valence-electron chi connectivity index (χ1n) is 8.67. The van der Waals surface area contributed by atoms with E-state index < -0.39 is 15.8 Å². The molecule has 0 spiro atoms. The summed E-state index contributed by atoms with van der Waals surface area (Å²) in [6, 6.07) is 8.46. The van der Waals surface area contributed by atoms with Crippen LogP contribution in [0.4, 0.5) is 4.39 Å². The van der Waals surface area contributed by atoms with E-state index in [4.69, 9.17) is 4.74 Å². The van der Waals surface area contributed by atoms with Crippen LogP contribution >= 0.6 is 0 Å². The van der Waals surface area contributed by atoms with Crippen molar-refractivity contribution in [3.05, 3.63) is 67.1 Å². The van der Waals surface area contributed by atoms with Gasteiger partial charge in [0.05, 0.1) is 17.0 Å². The standard InChI is InChI=1S/C19H17FN4O3S/c20-15-1-3-17(4-2-15)28(25,26)24-10-7-16(12-24)27-19-18(11-22-13-23-19)14-5-8-21-9-6-14/h1-6,8-9,11,13,16H,7,10,12H2. The minimum absolute atomic E-state index is 0.0639. The van der Waals surface area contributed by atoms with Gasteiger partial charge in [0.25, 0.3) is 0 Å². The highest BCUT2D eigenvalue weighted by atomic mass is 32.2. The summed E-state index contributed by atoms with van der Waals surface area (Å²) >= 11 is 0. The normalized spacial score (nSPS) is 17.5. The molecule has 1 unspecified atom stereocenters. The van der Waals surface area contributed by atoms with E-state index in [-0.39, 0.29) is 17.5 Å². The number of benzene rings is 1. The van der Waals surface area contributed by atoms with Crippen molar-refractivity contribution in [2.75, 3.05) is 13.1 Å². The zero-order valence-corrected chi connectivity index (χ0v) is 15.6. The number of hydrogen-bond acceptors (Lipinski definition) is 6. The molecule has 3 heterocycles. The predicted molar refractivity (Wildman–Crippen MR) is 99.5 cm³/mol. The summed E-state index contributed by atoms with van der Waals surface area (Å²) in [5.41, 5.74) is 1.57. The van der Waals surface area contributed by atoms with Gasteiger partial charge in [0, 0.05) is 25.1 Å². The number of ether oxygens (including phenoxy) is 1. The van der Waals surface area contributed by atoms with E-state index in [0.717, 1.165) is 17.7 Å². The van der Waals surface area contributed by atoms with Crippen LogP contribution in [0.15, 0.2) is 66.2 Å².